The molecule has 0 aliphatic heterocycles. The van der Waals surface area contributed by atoms with Crippen LogP contribution in [0.5, 0.6) is 0 Å². The fourth-order valence-electron chi connectivity index (χ4n) is 2.17. The summed E-state index contributed by atoms with van der Waals surface area (Å²) in [5.74, 6) is 0.346. The summed E-state index contributed by atoms with van der Waals surface area (Å²) in [7, 11) is 0. The van der Waals surface area contributed by atoms with Gasteiger partial charge in [0, 0.05) is 24.3 Å². The summed E-state index contributed by atoms with van der Waals surface area (Å²) in [6.07, 6.45) is -1.66. The Bertz CT molecular complexity index is 792. The Kier molecular flexibility index (Phi) is 3.13. The Morgan fingerprint density at radius 2 is 1.81 bits per heavy atom. The molecule has 4 nitrogen and oxygen atoms in total. The number of halogens is 3. The van der Waals surface area contributed by atoms with E-state index in [1.807, 2.05) is 12.1 Å². The van der Waals surface area contributed by atoms with Crippen LogP contribution in [0.1, 0.15) is 11.3 Å². The molecule has 7 heteroatoms. The SMILES string of the molecule is NCc1cnc(-n2ccc(C(F)(F)F)n2)c2ccccc12. The Labute approximate surface area is 118 Å². The van der Waals surface area contributed by atoms with E-state index in [9.17, 15) is 13.2 Å². The lowest BCUT2D eigenvalue weighted by Gasteiger charge is -2.09. The summed E-state index contributed by atoms with van der Waals surface area (Å²) >= 11 is 0. The van der Waals surface area contributed by atoms with Crippen LogP contribution in [0, 0.1) is 0 Å². The van der Waals surface area contributed by atoms with E-state index in [1.165, 1.54) is 6.20 Å². The van der Waals surface area contributed by atoms with Crippen LogP contribution in [0.25, 0.3) is 16.6 Å². The second-order valence-electron chi connectivity index (χ2n) is 4.50. The van der Waals surface area contributed by atoms with E-state index >= 15 is 0 Å². The van der Waals surface area contributed by atoms with Gasteiger partial charge in [0.1, 0.15) is 0 Å². The van der Waals surface area contributed by atoms with Gasteiger partial charge in [-0.25, -0.2) is 9.67 Å². The number of fused-ring (bicyclic) bond motifs is 1. The number of hydrogen-bond donors (Lipinski definition) is 1. The van der Waals surface area contributed by atoms with E-state index in [-0.39, 0.29) is 0 Å². The summed E-state index contributed by atoms with van der Waals surface area (Å²) in [6.45, 7) is 0.306. The van der Waals surface area contributed by atoms with Crippen molar-refractivity contribution in [3.05, 3.63) is 54.0 Å². The number of alkyl halides is 3. The predicted octanol–water partition coefficient (Wildman–Crippen LogP) is 2.90. The highest BCUT2D eigenvalue weighted by molar-refractivity contribution is 5.90. The van der Waals surface area contributed by atoms with Crippen molar-refractivity contribution >= 4 is 10.8 Å². The zero-order chi connectivity index (χ0) is 15.0. The molecule has 3 aromatic rings. The summed E-state index contributed by atoms with van der Waals surface area (Å²) in [6, 6.07) is 8.20. The van der Waals surface area contributed by atoms with Crippen LogP contribution in [0.15, 0.2) is 42.7 Å². The van der Waals surface area contributed by atoms with Gasteiger partial charge in [-0.3, -0.25) is 0 Å². The van der Waals surface area contributed by atoms with Crippen molar-refractivity contribution in [3.8, 4) is 5.82 Å². The monoisotopic (exact) mass is 292 g/mol. The van der Waals surface area contributed by atoms with Crippen molar-refractivity contribution in [1.82, 2.24) is 14.8 Å². The maximum atomic E-state index is 12.6. The predicted molar refractivity (Wildman–Crippen MR) is 71.8 cm³/mol. The topological polar surface area (TPSA) is 56.7 Å². The average Bonchev–Trinajstić information content (AvgIpc) is 2.96. The number of aromatic nitrogens is 3. The first kappa shape index (κ1) is 13.6. The minimum Gasteiger partial charge on any atom is -0.326 e. The van der Waals surface area contributed by atoms with Crippen LogP contribution in [0.4, 0.5) is 13.2 Å². The van der Waals surface area contributed by atoms with Gasteiger partial charge < -0.3 is 5.73 Å². The van der Waals surface area contributed by atoms with Crippen LogP contribution in [0.2, 0.25) is 0 Å². The van der Waals surface area contributed by atoms with Crippen LogP contribution < -0.4 is 5.73 Å². The Morgan fingerprint density at radius 1 is 1.10 bits per heavy atom. The standard InChI is InChI=1S/C14H11F3N4/c15-14(16,17)12-5-6-21(20-12)13-11-4-2-1-3-10(11)9(7-18)8-19-13/h1-6,8H,7,18H2. The van der Waals surface area contributed by atoms with Gasteiger partial charge in [0.2, 0.25) is 0 Å². The molecule has 0 aliphatic carbocycles. The molecule has 0 unspecified atom stereocenters. The number of nitrogens with two attached hydrogens (primary N) is 1. The number of benzene rings is 1. The lowest BCUT2D eigenvalue weighted by atomic mass is 10.1. The quantitative estimate of drug-likeness (QED) is 0.790. The zero-order valence-electron chi connectivity index (χ0n) is 10.8. The van der Waals surface area contributed by atoms with Gasteiger partial charge >= 0.3 is 6.18 Å². The number of pyridine rings is 1. The van der Waals surface area contributed by atoms with Gasteiger partial charge in [0.15, 0.2) is 11.5 Å². The Balaban J connectivity index is 2.19. The molecule has 0 aliphatic rings. The lowest BCUT2D eigenvalue weighted by molar-refractivity contribution is -0.141. The molecule has 0 saturated heterocycles. The molecule has 0 fully saturated rings. The average molecular weight is 292 g/mol. The first-order valence-corrected chi connectivity index (χ1v) is 6.20. The molecular weight excluding hydrogens is 281 g/mol. The molecule has 0 spiro atoms. The summed E-state index contributed by atoms with van der Waals surface area (Å²) in [5, 5.41) is 5.12. The molecule has 2 aromatic heterocycles. The highest BCUT2D eigenvalue weighted by Gasteiger charge is 2.33. The molecule has 0 saturated carbocycles. The van der Waals surface area contributed by atoms with Crippen molar-refractivity contribution < 1.29 is 13.2 Å². The normalized spacial score (nSPS) is 12.0. The molecule has 3 rings (SSSR count). The van der Waals surface area contributed by atoms with Gasteiger partial charge in [-0.2, -0.15) is 18.3 Å². The van der Waals surface area contributed by atoms with Crippen molar-refractivity contribution in [2.75, 3.05) is 0 Å². The Morgan fingerprint density at radius 3 is 2.43 bits per heavy atom. The summed E-state index contributed by atoms with van der Waals surface area (Å²) in [4.78, 5) is 4.20. The summed E-state index contributed by atoms with van der Waals surface area (Å²) < 4.78 is 39.0. The maximum Gasteiger partial charge on any atom is 0.435 e. The van der Waals surface area contributed by atoms with Crippen LogP contribution >= 0.6 is 0 Å². The molecule has 21 heavy (non-hydrogen) atoms. The van der Waals surface area contributed by atoms with Gasteiger partial charge in [0.25, 0.3) is 0 Å². The molecule has 2 heterocycles. The van der Waals surface area contributed by atoms with Gasteiger partial charge in [-0.1, -0.05) is 24.3 Å². The molecule has 0 bridgehead atoms. The minimum atomic E-state index is -4.47. The van der Waals surface area contributed by atoms with Crippen LogP contribution in [0.3, 0.4) is 0 Å². The molecule has 0 amide bonds. The summed E-state index contributed by atoms with van der Waals surface area (Å²) in [5.41, 5.74) is 5.54. The van der Waals surface area contributed by atoms with Gasteiger partial charge in [-0.15, -0.1) is 0 Å². The second kappa shape index (κ2) is 4.85. The van der Waals surface area contributed by atoms with Crippen LogP contribution in [-0.4, -0.2) is 14.8 Å². The number of hydrogen-bond acceptors (Lipinski definition) is 3. The first-order chi connectivity index (χ1) is 10.0. The van der Waals surface area contributed by atoms with E-state index < -0.39 is 11.9 Å². The van der Waals surface area contributed by atoms with Crippen molar-refractivity contribution in [1.29, 1.82) is 0 Å². The smallest absolute Gasteiger partial charge is 0.326 e. The van der Waals surface area contributed by atoms with E-state index in [0.717, 1.165) is 21.7 Å². The third-order valence-electron chi connectivity index (χ3n) is 3.17. The molecule has 2 N–H and O–H groups in total. The van der Waals surface area contributed by atoms with E-state index in [1.54, 1.807) is 18.3 Å². The third kappa shape index (κ3) is 2.36. The fourth-order valence-corrected chi connectivity index (χ4v) is 2.17. The van der Waals surface area contributed by atoms with Crippen molar-refractivity contribution in [3.63, 3.8) is 0 Å². The maximum absolute atomic E-state index is 12.6. The number of nitrogens with zero attached hydrogens (tertiary/aromatic N) is 3. The highest BCUT2D eigenvalue weighted by Crippen LogP contribution is 2.29. The second-order valence-corrected chi connectivity index (χ2v) is 4.50. The van der Waals surface area contributed by atoms with E-state index in [2.05, 4.69) is 10.1 Å². The van der Waals surface area contributed by atoms with Gasteiger partial charge in [-0.05, 0) is 17.0 Å². The fraction of sp³-hybridized carbons (Fsp3) is 0.143. The number of rotatable bonds is 2. The molecule has 0 atom stereocenters. The van der Waals surface area contributed by atoms with Crippen molar-refractivity contribution in [2.24, 2.45) is 5.73 Å². The molecule has 0 radical (unpaired) electrons. The Hall–Kier alpha value is -2.41. The molecule has 1 aromatic carbocycles. The molecule has 108 valence electrons. The minimum absolute atomic E-state index is 0.306. The molecular formula is C14H11F3N4. The zero-order valence-corrected chi connectivity index (χ0v) is 10.8. The van der Waals surface area contributed by atoms with E-state index in [0.29, 0.717) is 17.7 Å². The van der Waals surface area contributed by atoms with Crippen LogP contribution in [-0.2, 0) is 12.7 Å². The highest BCUT2D eigenvalue weighted by atomic mass is 19.4. The van der Waals surface area contributed by atoms with E-state index in [4.69, 9.17) is 5.73 Å². The van der Waals surface area contributed by atoms with Gasteiger partial charge in [0.05, 0.1) is 0 Å². The lowest BCUT2D eigenvalue weighted by Crippen LogP contribution is -2.08. The third-order valence-corrected chi connectivity index (χ3v) is 3.17. The largest absolute Gasteiger partial charge is 0.435 e. The first-order valence-electron chi connectivity index (χ1n) is 6.20. The van der Waals surface area contributed by atoms with Crippen molar-refractivity contribution in [2.45, 2.75) is 12.7 Å².